The minimum absolute atomic E-state index is 0.0151. The van der Waals surface area contributed by atoms with E-state index in [0.717, 1.165) is 28.1 Å². The Balaban J connectivity index is 1.45. The first-order valence-electron chi connectivity index (χ1n) is 16.1. The zero-order chi connectivity index (χ0) is 35.9. The summed E-state index contributed by atoms with van der Waals surface area (Å²) in [7, 11) is 1.21. The molecule has 0 atom stereocenters. The predicted molar refractivity (Wildman–Crippen MR) is 132 cm³/mol. The van der Waals surface area contributed by atoms with Gasteiger partial charge in [0.05, 0.1) is 40.7 Å². The molecule has 1 N–H and O–H groups in total. The molecule has 1 fully saturated rings. The van der Waals surface area contributed by atoms with Gasteiger partial charge < -0.3 is 19.5 Å². The summed E-state index contributed by atoms with van der Waals surface area (Å²) in [6, 6.07) is 4.42. The second kappa shape index (κ2) is 9.34. The molecule has 0 bridgehead atoms. The highest BCUT2D eigenvalue weighted by Gasteiger charge is 2.31. The number of ether oxygens (including phenoxy) is 1. The fourth-order valence-electron chi connectivity index (χ4n) is 3.60. The third kappa shape index (κ3) is 3.89. The lowest BCUT2D eigenvalue weighted by molar-refractivity contribution is -0.126. The van der Waals surface area contributed by atoms with Crippen molar-refractivity contribution in [2.45, 2.75) is 6.85 Å². The van der Waals surface area contributed by atoms with Crippen molar-refractivity contribution >= 4 is 28.5 Å². The number of aromatic amines is 1. The Labute approximate surface area is 230 Å². The molecule has 38 heavy (non-hydrogen) atoms. The fraction of sp³-hybridized carbons (Fsp3) is 0.261. The average Bonchev–Trinajstić information content (AvgIpc) is 3.80. The first-order chi connectivity index (χ1) is 22.8. The number of aromatic nitrogens is 10. The maximum Gasteiger partial charge on any atom is 0.295 e. The fourth-order valence-corrected chi connectivity index (χ4v) is 3.60. The summed E-state index contributed by atoms with van der Waals surface area (Å²) >= 11 is 0. The summed E-state index contributed by atoms with van der Waals surface area (Å²) in [5, 5.41) is 14.5. The first kappa shape index (κ1) is 13.9. The van der Waals surface area contributed by atoms with Gasteiger partial charge in [-0.2, -0.15) is 9.78 Å². The largest absolute Gasteiger partial charge is 0.494 e. The molecular weight excluding hydrogens is 492 g/mol. The van der Waals surface area contributed by atoms with Crippen LogP contribution in [0, 0.1) is 6.85 Å². The van der Waals surface area contributed by atoms with E-state index in [2.05, 4.69) is 40.6 Å². The van der Waals surface area contributed by atoms with Crippen molar-refractivity contribution in [2.75, 3.05) is 38.0 Å². The van der Waals surface area contributed by atoms with Crippen LogP contribution in [0.25, 0.3) is 22.5 Å². The van der Waals surface area contributed by atoms with Crippen molar-refractivity contribution in [2.24, 2.45) is 0 Å². The number of amides is 1. The molecule has 15 heteroatoms. The highest BCUT2D eigenvalue weighted by molar-refractivity contribution is 6.45. The lowest BCUT2D eigenvalue weighted by atomic mass is 10.1. The van der Waals surface area contributed by atoms with Crippen molar-refractivity contribution < 1.29 is 29.4 Å². The summed E-state index contributed by atoms with van der Waals surface area (Å²) in [6.45, 7) is -17.5. The molecule has 0 unspecified atom stereocenters. The topological polar surface area (TPSA) is 166 Å². The number of Topliss-reactive ketones (excluding diaryl/α,β-unsaturated/α-hetero) is 1. The zero-order valence-electron chi connectivity index (χ0n) is 30.2. The summed E-state index contributed by atoms with van der Waals surface area (Å²) in [6.07, 6.45) is 4.47. The Kier molecular flexibility index (Phi) is 3.42. The highest BCUT2D eigenvalue weighted by Crippen LogP contribution is 2.32. The zero-order valence-corrected chi connectivity index (χ0v) is 19.2. The number of piperazine rings is 1. The summed E-state index contributed by atoms with van der Waals surface area (Å²) in [5.41, 5.74) is -0.550. The molecule has 6 rings (SSSR count). The number of carbonyl (C=O) groups excluding carboxylic acids is 2. The first-order valence-corrected chi connectivity index (χ1v) is 10.6. The van der Waals surface area contributed by atoms with Crippen molar-refractivity contribution in [3.05, 3.63) is 54.5 Å². The normalized spacial score (nSPS) is 23.7. The van der Waals surface area contributed by atoms with Crippen LogP contribution in [0.15, 0.2) is 43.1 Å². The van der Waals surface area contributed by atoms with Gasteiger partial charge in [0.2, 0.25) is 0 Å². The molecule has 15 nitrogen and oxygen atoms in total. The van der Waals surface area contributed by atoms with Crippen molar-refractivity contribution in [3.8, 4) is 17.4 Å². The van der Waals surface area contributed by atoms with E-state index in [1.807, 2.05) is 0 Å². The number of pyridine rings is 2. The van der Waals surface area contributed by atoms with Crippen LogP contribution in [0.2, 0.25) is 0 Å². The third-order valence-electron chi connectivity index (χ3n) is 5.29. The molecule has 0 spiro atoms. The van der Waals surface area contributed by atoms with Crippen LogP contribution in [0.3, 0.4) is 0 Å². The second-order valence-corrected chi connectivity index (χ2v) is 7.45. The van der Waals surface area contributed by atoms with Crippen molar-refractivity contribution in [3.63, 3.8) is 0 Å². The molecule has 1 amide bonds. The van der Waals surface area contributed by atoms with Gasteiger partial charge in [-0.3, -0.25) is 9.59 Å². The Morgan fingerprint density at radius 3 is 2.76 bits per heavy atom. The molecule has 0 radical (unpaired) electrons. The maximum absolute atomic E-state index is 13.9. The van der Waals surface area contributed by atoms with Crippen LogP contribution >= 0.6 is 0 Å². The molecule has 1 aliphatic heterocycles. The molecule has 5 aromatic rings. The quantitative estimate of drug-likeness (QED) is 0.240. The SMILES string of the molecule is [2H]C([2H])([2H])c1ncn(-c2ncc(OC)c3c(C(=O)C(=O)N4C([2H])([2H])C([2H])([2H])N(c5nnnn5-c5ccccn5)C([2H])([2H])C4([2H])[2H])c[nH]c23)n1. The van der Waals surface area contributed by atoms with E-state index in [1.54, 1.807) is 0 Å². The van der Waals surface area contributed by atoms with Gasteiger partial charge >= 0.3 is 0 Å². The molecule has 0 aliphatic carbocycles. The van der Waals surface area contributed by atoms with Crippen LogP contribution in [0.1, 0.15) is 31.3 Å². The van der Waals surface area contributed by atoms with Crippen LogP contribution in [0.5, 0.6) is 5.75 Å². The van der Waals surface area contributed by atoms with E-state index in [9.17, 15) is 9.59 Å². The second-order valence-electron chi connectivity index (χ2n) is 7.45. The van der Waals surface area contributed by atoms with E-state index in [0.29, 0.717) is 0 Å². The maximum atomic E-state index is 13.9. The smallest absolute Gasteiger partial charge is 0.295 e. The minimum Gasteiger partial charge on any atom is -0.494 e. The number of nitrogens with zero attached hydrogens (tertiary/aromatic N) is 11. The Morgan fingerprint density at radius 2 is 2.03 bits per heavy atom. The molecule has 0 saturated carbocycles. The number of fused-ring (bicyclic) bond motifs is 1. The molecule has 1 aliphatic rings. The van der Waals surface area contributed by atoms with Crippen LogP contribution in [-0.2, 0) is 4.79 Å². The van der Waals surface area contributed by atoms with E-state index >= 15 is 0 Å². The number of aryl methyl sites for hydroxylation is 1. The number of H-pyrrole nitrogens is 1. The summed E-state index contributed by atoms with van der Waals surface area (Å²) in [4.78, 5) is 42.0. The number of hydrogen-bond acceptors (Lipinski definition) is 11. The molecule has 5 aromatic heterocycles. The van der Waals surface area contributed by atoms with Gasteiger partial charge in [0.1, 0.15) is 17.9 Å². The lowest BCUT2D eigenvalue weighted by Gasteiger charge is -2.34. The number of nitrogens with one attached hydrogen (secondary N) is 1. The molecule has 6 heterocycles. The van der Waals surface area contributed by atoms with Gasteiger partial charge in [0.25, 0.3) is 17.6 Å². The Bertz CT molecular complexity index is 2070. The molecule has 0 aromatic carbocycles. The minimum atomic E-state index is -3.77. The number of ketones is 1. The van der Waals surface area contributed by atoms with Crippen LogP contribution < -0.4 is 9.64 Å². The lowest BCUT2D eigenvalue weighted by Crippen LogP contribution is -2.51. The number of anilines is 1. The monoisotopic (exact) mass is 525 g/mol. The van der Waals surface area contributed by atoms with E-state index < -0.39 is 66.8 Å². The Morgan fingerprint density at radius 1 is 1.16 bits per heavy atom. The molecule has 1 saturated heterocycles. The van der Waals surface area contributed by atoms with Gasteiger partial charge in [-0.1, -0.05) is 11.2 Å². The van der Waals surface area contributed by atoms with Gasteiger partial charge in [-0.15, -0.1) is 0 Å². The number of methoxy groups -OCH3 is 1. The van der Waals surface area contributed by atoms with Crippen LogP contribution in [-0.4, -0.2) is 99.6 Å². The summed E-state index contributed by atoms with van der Waals surface area (Å²) < 4.78 is 99.5. The molecule has 192 valence electrons. The summed E-state index contributed by atoms with van der Waals surface area (Å²) in [5.74, 6) is -5.11. The average molecular weight is 526 g/mol. The van der Waals surface area contributed by atoms with Crippen molar-refractivity contribution in [1.29, 1.82) is 0 Å². The standard InChI is InChI=1S/C23H22N12O3/c1-14-27-13-34(29-14)21-19-18(16(38-2)12-26-21)15(11-25-19)20(36)22(37)32-7-9-33(10-8-32)23-28-30-31-35(23)17-5-3-4-6-24-17/h3-6,11-13,25H,7-10H2,1-2H3/i1D3,7D2,8D2,9D2,10D2. The molecular formula is C23H22N12O3. The predicted octanol–water partition coefficient (Wildman–Crippen LogP) is 0.363. The Hall–Kier alpha value is -5.21. The van der Waals surface area contributed by atoms with Crippen molar-refractivity contribution in [1.82, 2.24) is 54.8 Å². The van der Waals surface area contributed by atoms with Gasteiger partial charge in [0, 0.05) is 42.5 Å². The van der Waals surface area contributed by atoms with E-state index in [1.165, 1.54) is 31.5 Å². The van der Waals surface area contributed by atoms with Crippen LogP contribution in [0.4, 0.5) is 5.95 Å². The highest BCUT2D eigenvalue weighted by atomic mass is 16.5. The van der Waals surface area contributed by atoms with Gasteiger partial charge in [-0.25, -0.2) is 19.6 Å². The number of rotatable bonds is 6. The van der Waals surface area contributed by atoms with E-state index in [4.69, 9.17) is 19.8 Å². The van der Waals surface area contributed by atoms with Gasteiger partial charge in [-0.05, 0) is 29.4 Å². The number of hydrogen-bond donors (Lipinski definition) is 1. The number of carbonyl (C=O) groups is 2. The van der Waals surface area contributed by atoms with Gasteiger partial charge in [0.15, 0.2) is 11.6 Å². The number of tetrazole rings is 1. The third-order valence-corrected chi connectivity index (χ3v) is 5.29. The van der Waals surface area contributed by atoms with E-state index in [-0.39, 0.29) is 33.2 Å².